The second-order valence-corrected chi connectivity index (χ2v) is 11.1. The number of para-hydroxylation sites is 1. The van der Waals surface area contributed by atoms with E-state index in [1.165, 1.54) is 5.56 Å². The summed E-state index contributed by atoms with van der Waals surface area (Å²) in [7, 11) is 5.05. The zero-order chi connectivity index (χ0) is 30.6. The molecule has 1 aliphatic carbocycles. The van der Waals surface area contributed by atoms with Gasteiger partial charge in [0.1, 0.15) is 24.0 Å². The van der Waals surface area contributed by atoms with Crippen LogP contribution in [0.3, 0.4) is 0 Å². The summed E-state index contributed by atoms with van der Waals surface area (Å²) >= 11 is 0. The van der Waals surface area contributed by atoms with E-state index in [-0.39, 0.29) is 24.9 Å². The van der Waals surface area contributed by atoms with E-state index < -0.39 is 0 Å². The first-order chi connectivity index (χ1) is 21.7. The van der Waals surface area contributed by atoms with Gasteiger partial charge in [0.05, 0.1) is 52.9 Å². The molecule has 4 aromatic rings. The van der Waals surface area contributed by atoms with Gasteiger partial charge in [-0.2, -0.15) is 0 Å². The van der Waals surface area contributed by atoms with E-state index in [1.54, 1.807) is 21.3 Å². The van der Waals surface area contributed by atoms with Gasteiger partial charge in [-0.25, -0.2) is 0 Å². The third kappa shape index (κ3) is 8.30. The monoisotopic (exact) mass is 600 g/mol. The van der Waals surface area contributed by atoms with E-state index in [9.17, 15) is 0 Å². The van der Waals surface area contributed by atoms with Crippen LogP contribution >= 0.6 is 0 Å². The van der Waals surface area contributed by atoms with Crippen LogP contribution in [0.25, 0.3) is 10.8 Å². The fourth-order valence-electron chi connectivity index (χ4n) is 6.01. The van der Waals surface area contributed by atoms with Crippen molar-refractivity contribution in [2.24, 2.45) is 0 Å². The lowest BCUT2D eigenvalue weighted by molar-refractivity contribution is -0.120. The lowest BCUT2D eigenvalue weighted by Gasteiger charge is -2.38. The zero-order valence-corrected chi connectivity index (χ0v) is 26.0. The van der Waals surface area contributed by atoms with Crippen molar-refractivity contribution in [1.82, 2.24) is 0 Å². The number of benzene rings is 4. The summed E-state index contributed by atoms with van der Waals surface area (Å²) in [5, 5.41) is 2.25. The van der Waals surface area contributed by atoms with Crippen LogP contribution in [-0.2, 0) is 32.2 Å². The van der Waals surface area contributed by atoms with Crippen LogP contribution in [0.1, 0.15) is 48.3 Å². The fourth-order valence-corrected chi connectivity index (χ4v) is 6.01. The largest absolute Gasteiger partial charge is 0.496 e. The summed E-state index contributed by atoms with van der Waals surface area (Å²) in [6.07, 6.45) is 3.78. The van der Waals surface area contributed by atoms with Crippen LogP contribution in [0, 0.1) is 0 Å². The summed E-state index contributed by atoms with van der Waals surface area (Å²) < 4.78 is 41.0. The molecule has 7 heteroatoms. The van der Waals surface area contributed by atoms with E-state index in [0.717, 1.165) is 64.8 Å². The number of hydrogen-bond donors (Lipinski definition) is 0. The molecule has 0 aliphatic heterocycles. The average Bonchev–Trinajstić information content (AvgIpc) is 3.08. The fraction of sp³-hybridized carbons (Fsp3) is 0.405. The molecule has 44 heavy (non-hydrogen) atoms. The second kappa shape index (κ2) is 16.5. The van der Waals surface area contributed by atoms with Crippen molar-refractivity contribution in [3.05, 3.63) is 102 Å². The van der Waals surface area contributed by atoms with Crippen LogP contribution in [0.4, 0.5) is 0 Å². The molecular formula is C37H44O7. The molecule has 1 fully saturated rings. The van der Waals surface area contributed by atoms with Gasteiger partial charge in [-0.05, 0) is 66.1 Å². The van der Waals surface area contributed by atoms with Crippen molar-refractivity contribution in [2.45, 2.75) is 57.0 Å². The van der Waals surface area contributed by atoms with Gasteiger partial charge in [-0.15, -0.1) is 0 Å². The lowest BCUT2D eigenvalue weighted by atomic mass is 9.79. The van der Waals surface area contributed by atoms with Crippen molar-refractivity contribution in [3.8, 4) is 17.2 Å². The minimum atomic E-state index is 0.00648. The van der Waals surface area contributed by atoms with Gasteiger partial charge in [0, 0.05) is 30.4 Å². The molecule has 4 aromatic carbocycles. The molecule has 234 valence electrons. The van der Waals surface area contributed by atoms with Gasteiger partial charge in [-0.1, -0.05) is 54.6 Å². The summed E-state index contributed by atoms with van der Waals surface area (Å²) in [6, 6.07) is 28.8. The predicted octanol–water partition coefficient (Wildman–Crippen LogP) is 7.68. The minimum Gasteiger partial charge on any atom is -0.496 e. The molecule has 0 radical (unpaired) electrons. The quantitative estimate of drug-likeness (QED) is 0.0965. The highest BCUT2D eigenvalue weighted by Crippen LogP contribution is 2.39. The Kier molecular flexibility index (Phi) is 11.9. The maximum Gasteiger partial charge on any atom is 0.146 e. The van der Waals surface area contributed by atoms with Crippen LogP contribution in [-0.4, -0.2) is 53.5 Å². The molecule has 0 aromatic heterocycles. The van der Waals surface area contributed by atoms with Crippen LogP contribution < -0.4 is 14.2 Å². The summed E-state index contributed by atoms with van der Waals surface area (Å²) in [6.45, 7) is 2.47. The highest BCUT2D eigenvalue weighted by atomic mass is 16.7. The van der Waals surface area contributed by atoms with Gasteiger partial charge in [0.15, 0.2) is 0 Å². The highest BCUT2D eigenvalue weighted by Gasteiger charge is 2.36. The highest BCUT2D eigenvalue weighted by molar-refractivity contribution is 5.89. The second-order valence-electron chi connectivity index (χ2n) is 11.1. The molecule has 1 saturated carbocycles. The third-order valence-corrected chi connectivity index (χ3v) is 8.16. The zero-order valence-electron chi connectivity index (χ0n) is 26.0. The Hall–Kier alpha value is -3.62. The Morgan fingerprint density at radius 2 is 1.45 bits per heavy atom. The summed E-state index contributed by atoms with van der Waals surface area (Å²) in [5.74, 6) is 2.63. The van der Waals surface area contributed by atoms with Crippen LogP contribution in [0.2, 0.25) is 0 Å². The van der Waals surface area contributed by atoms with Crippen molar-refractivity contribution >= 4 is 10.8 Å². The molecule has 0 heterocycles. The standard InChI is InChI=1S/C37H44O7/c1-38-26-44-35-15-8-14-34(43-24-27-22-29-10-4-6-12-32(29)36(23-27)40-3)37(35)28-16-18-31(19-17-28)42-21-9-20-41-25-30-11-5-7-13-33(30)39-2/h4-7,10-13,16-19,22-23,34-35,37H,8-9,14-15,20-21,24-26H2,1-3H3/t34?,35?,37-/m1/s1. The molecule has 3 atom stereocenters. The van der Waals surface area contributed by atoms with E-state index >= 15 is 0 Å². The van der Waals surface area contributed by atoms with Gasteiger partial charge in [0.25, 0.3) is 0 Å². The molecule has 7 nitrogen and oxygen atoms in total. The molecule has 1 aliphatic rings. The lowest BCUT2D eigenvalue weighted by Crippen LogP contribution is -2.38. The van der Waals surface area contributed by atoms with Crippen molar-refractivity contribution in [1.29, 1.82) is 0 Å². The molecule has 0 bridgehead atoms. The van der Waals surface area contributed by atoms with E-state index in [4.69, 9.17) is 33.2 Å². The first-order valence-electron chi connectivity index (χ1n) is 15.4. The Labute approximate surface area is 260 Å². The Bertz CT molecular complexity index is 1440. The Morgan fingerprint density at radius 1 is 0.705 bits per heavy atom. The number of fused-ring (bicyclic) bond motifs is 1. The maximum absolute atomic E-state index is 6.64. The van der Waals surface area contributed by atoms with Crippen molar-refractivity contribution in [3.63, 3.8) is 0 Å². The Morgan fingerprint density at radius 3 is 2.25 bits per heavy atom. The van der Waals surface area contributed by atoms with Gasteiger partial charge in [0.2, 0.25) is 0 Å². The summed E-state index contributed by atoms with van der Waals surface area (Å²) in [5.41, 5.74) is 3.32. The van der Waals surface area contributed by atoms with Crippen molar-refractivity contribution in [2.75, 3.05) is 41.3 Å². The van der Waals surface area contributed by atoms with E-state index in [1.807, 2.05) is 48.5 Å². The third-order valence-electron chi connectivity index (χ3n) is 8.16. The van der Waals surface area contributed by atoms with Crippen molar-refractivity contribution < 1.29 is 33.2 Å². The normalized spacial score (nSPS) is 18.3. The number of hydrogen-bond acceptors (Lipinski definition) is 7. The Balaban J connectivity index is 1.18. The minimum absolute atomic E-state index is 0.00648. The maximum atomic E-state index is 6.64. The molecule has 0 spiro atoms. The number of ether oxygens (including phenoxy) is 7. The number of methoxy groups -OCH3 is 3. The topological polar surface area (TPSA) is 64.6 Å². The SMILES string of the molecule is COCOC1CCCC(OCc2cc(OC)c3ccccc3c2)[C@H]1c1ccc(OCCCOCc2ccccc2OC)cc1. The molecule has 0 saturated heterocycles. The molecule has 0 N–H and O–H groups in total. The predicted molar refractivity (Wildman–Crippen MR) is 172 cm³/mol. The van der Waals surface area contributed by atoms with E-state index in [0.29, 0.717) is 26.4 Å². The van der Waals surface area contributed by atoms with Crippen LogP contribution in [0.15, 0.2) is 84.9 Å². The number of rotatable bonds is 16. The molecule has 0 amide bonds. The van der Waals surface area contributed by atoms with Crippen LogP contribution in [0.5, 0.6) is 17.2 Å². The first-order valence-corrected chi connectivity index (χ1v) is 15.4. The molecular weight excluding hydrogens is 556 g/mol. The molecule has 2 unspecified atom stereocenters. The van der Waals surface area contributed by atoms with Gasteiger partial charge >= 0.3 is 0 Å². The van der Waals surface area contributed by atoms with E-state index in [2.05, 4.69) is 36.4 Å². The first kappa shape index (κ1) is 31.8. The average molecular weight is 601 g/mol. The smallest absolute Gasteiger partial charge is 0.146 e. The van der Waals surface area contributed by atoms with Gasteiger partial charge in [-0.3, -0.25) is 0 Å². The van der Waals surface area contributed by atoms with Gasteiger partial charge < -0.3 is 33.2 Å². The summed E-state index contributed by atoms with van der Waals surface area (Å²) in [4.78, 5) is 0. The molecule has 5 rings (SSSR count).